The van der Waals surface area contributed by atoms with Crippen molar-refractivity contribution in [1.29, 1.82) is 0 Å². The molecule has 0 spiro atoms. The van der Waals surface area contributed by atoms with E-state index in [2.05, 4.69) is 0 Å². The van der Waals surface area contributed by atoms with Crippen LogP contribution >= 0.6 is 0 Å². The molecule has 0 fully saturated rings. The minimum Gasteiger partial charge on any atom is -0.497 e. The number of carboxylic acid groups (broad SMARTS) is 2. The van der Waals surface area contributed by atoms with Crippen LogP contribution < -0.4 is 9.47 Å². The van der Waals surface area contributed by atoms with Gasteiger partial charge in [-0.1, -0.05) is 18.2 Å². The van der Waals surface area contributed by atoms with Crippen LogP contribution in [-0.4, -0.2) is 36.4 Å². The van der Waals surface area contributed by atoms with Crippen LogP contribution in [0.25, 0.3) is 0 Å². The summed E-state index contributed by atoms with van der Waals surface area (Å²) in [6.45, 7) is 0. The molecule has 2 aromatic carbocycles. The Morgan fingerprint density at radius 2 is 1.65 bits per heavy atom. The first-order valence-electron chi connectivity index (χ1n) is 8.22. The van der Waals surface area contributed by atoms with Crippen LogP contribution in [0, 0.1) is 5.92 Å². The highest BCUT2D eigenvalue weighted by atomic mass is 16.5. The van der Waals surface area contributed by atoms with Crippen LogP contribution in [0.4, 0.5) is 0 Å². The molecule has 2 N–H and O–H groups in total. The monoisotopic (exact) mass is 356 g/mol. The molecular formula is C20H20O6. The molecular weight excluding hydrogens is 336 g/mol. The Balaban J connectivity index is 2.19. The third kappa shape index (κ3) is 3.10. The standard InChI is InChI=1S/C20H20O6/c1-25-12-5-3-4-11(8-12)18-15-9-13(26-2)6-7-14(15)16(10-17(21)22)19(18)20(23)24/h3-9,16,18-19H,10H2,1-2H3,(H,21,22)(H,23,24)/t16-,18-,19-/m1/s1. The second kappa shape index (κ2) is 7.07. The summed E-state index contributed by atoms with van der Waals surface area (Å²) >= 11 is 0. The lowest BCUT2D eigenvalue weighted by Gasteiger charge is -2.21. The van der Waals surface area contributed by atoms with E-state index in [1.165, 1.54) is 0 Å². The largest absolute Gasteiger partial charge is 0.497 e. The molecule has 6 heteroatoms. The van der Waals surface area contributed by atoms with Crippen LogP contribution in [0.15, 0.2) is 42.5 Å². The molecule has 1 aliphatic rings. The summed E-state index contributed by atoms with van der Waals surface area (Å²) in [7, 11) is 3.09. The summed E-state index contributed by atoms with van der Waals surface area (Å²) in [5.41, 5.74) is 2.31. The van der Waals surface area contributed by atoms with Crippen molar-refractivity contribution in [2.75, 3.05) is 14.2 Å². The Hall–Kier alpha value is -3.02. The zero-order chi connectivity index (χ0) is 18.8. The van der Waals surface area contributed by atoms with E-state index in [0.29, 0.717) is 11.5 Å². The van der Waals surface area contributed by atoms with Gasteiger partial charge in [0.05, 0.1) is 26.6 Å². The Bertz CT molecular complexity index is 844. The van der Waals surface area contributed by atoms with Gasteiger partial charge < -0.3 is 19.7 Å². The molecule has 1 aliphatic carbocycles. The smallest absolute Gasteiger partial charge is 0.308 e. The number of carboxylic acids is 2. The molecule has 0 saturated carbocycles. The Morgan fingerprint density at radius 1 is 0.962 bits per heavy atom. The number of benzene rings is 2. The number of hydrogen-bond donors (Lipinski definition) is 2. The number of carbonyl (C=O) groups is 2. The van der Waals surface area contributed by atoms with E-state index in [9.17, 15) is 19.8 Å². The van der Waals surface area contributed by atoms with E-state index >= 15 is 0 Å². The SMILES string of the molecule is COc1cccc([C@@H]2c3cc(OC)ccc3[C@@H](CC(=O)O)[C@H]2C(=O)O)c1. The Labute approximate surface area is 151 Å². The van der Waals surface area contributed by atoms with Gasteiger partial charge in [-0.25, -0.2) is 0 Å². The molecule has 0 bridgehead atoms. The highest BCUT2D eigenvalue weighted by Gasteiger charge is 2.46. The fraction of sp³-hybridized carbons (Fsp3) is 0.300. The van der Waals surface area contributed by atoms with Gasteiger partial charge in [-0.3, -0.25) is 9.59 Å². The van der Waals surface area contributed by atoms with Gasteiger partial charge in [-0.15, -0.1) is 0 Å². The van der Waals surface area contributed by atoms with E-state index in [1.54, 1.807) is 50.6 Å². The van der Waals surface area contributed by atoms with Crippen molar-refractivity contribution in [2.45, 2.75) is 18.3 Å². The summed E-state index contributed by atoms with van der Waals surface area (Å²) < 4.78 is 10.6. The number of ether oxygens (including phenoxy) is 2. The average Bonchev–Trinajstić information content (AvgIpc) is 2.94. The summed E-state index contributed by atoms with van der Waals surface area (Å²) in [5, 5.41) is 19.2. The fourth-order valence-corrected chi connectivity index (χ4v) is 3.87. The van der Waals surface area contributed by atoms with Gasteiger partial charge in [-0.2, -0.15) is 0 Å². The molecule has 0 saturated heterocycles. The van der Waals surface area contributed by atoms with E-state index in [4.69, 9.17) is 9.47 Å². The van der Waals surface area contributed by atoms with Gasteiger partial charge in [0.25, 0.3) is 0 Å². The van der Waals surface area contributed by atoms with Crippen molar-refractivity contribution in [3.63, 3.8) is 0 Å². The maximum absolute atomic E-state index is 12.1. The summed E-state index contributed by atoms with van der Waals surface area (Å²) in [5.74, 6) is -2.76. The zero-order valence-electron chi connectivity index (χ0n) is 14.5. The van der Waals surface area contributed by atoms with Crippen molar-refractivity contribution in [3.05, 3.63) is 59.2 Å². The van der Waals surface area contributed by atoms with Crippen LogP contribution in [0.5, 0.6) is 11.5 Å². The molecule has 0 heterocycles. The second-order valence-electron chi connectivity index (χ2n) is 6.32. The summed E-state index contributed by atoms with van der Waals surface area (Å²) in [6, 6.07) is 12.5. The fourth-order valence-electron chi connectivity index (χ4n) is 3.87. The predicted molar refractivity (Wildman–Crippen MR) is 94.0 cm³/mol. The van der Waals surface area contributed by atoms with E-state index in [1.807, 2.05) is 6.07 Å². The van der Waals surface area contributed by atoms with E-state index in [-0.39, 0.29) is 6.42 Å². The van der Waals surface area contributed by atoms with Gasteiger partial charge >= 0.3 is 11.9 Å². The molecule has 0 radical (unpaired) electrons. The van der Waals surface area contributed by atoms with Gasteiger partial charge in [0, 0.05) is 11.8 Å². The molecule has 3 rings (SSSR count). The van der Waals surface area contributed by atoms with Crippen molar-refractivity contribution >= 4 is 11.9 Å². The highest BCUT2D eigenvalue weighted by Crippen LogP contribution is 2.52. The third-order valence-corrected chi connectivity index (χ3v) is 4.95. The van der Waals surface area contributed by atoms with E-state index in [0.717, 1.165) is 16.7 Å². The maximum atomic E-state index is 12.1. The normalized spacial score (nSPS) is 21.1. The van der Waals surface area contributed by atoms with Crippen molar-refractivity contribution in [1.82, 2.24) is 0 Å². The minimum atomic E-state index is -1.02. The molecule has 2 aromatic rings. The van der Waals surface area contributed by atoms with Crippen molar-refractivity contribution < 1.29 is 29.3 Å². The first-order valence-corrected chi connectivity index (χ1v) is 8.22. The average molecular weight is 356 g/mol. The molecule has 0 unspecified atom stereocenters. The van der Waals surface area contributed by atoms with Gasteiger partial charge in [0.2, 0.25) is 0 Å². The first kappa shape index (κ1) is 17.8. The lowest BCUT2D eigenvalue weighted by Crippen LogP contribution is -2.24. The molecule has 0 aliphatic heterocycles. The van der Waals surface area contributed by atoms with Gasteiger partial charge in [0.1, 0.15) is 11.5 Å². The summed E-state index contributed by atoms with van der Waals surface area (Å²) in [6.07, 6.45) is -0.239. The molecule has 26 heavy (non-hydrogen) atoms. The topological polar surface area (TPSA) is 93.1 Å². The number of fused-ring (bicyclic) bond motifs is 1. The molecule has 0 amide bonds. The first-order chi connectivity index (χ1) is 12.5. The number of methoxy groups -OCH3 is 2. The lowest BCUT2D eigenvalue weighted by molar-refractivity contribution is -0.143. The Kier molecular flexibility index (Phi) is 4.84. The summed E-state index contributed by atoms with van der Waals surface area (Å²) in [4.78, 5) is 23.5. The number of aliphatic carboxylic acids is 2. The van der Waals surface area contributed by atoms with Crippen LogP contribution in [-0.2, 0) is 9.59 Å². The van der Waals surface area contributed by atoms with E-state index < -0.39 is 29.7 Å². The van der Waals surface area contributed by atoms with Gasteiger partial charge in [-0.05, 0) is 41.0 Å². The Morgan fingerprint density at radius 3 is 2.27 bits per heavy atom. The van der Waals surface area contributed by atoms with Crippen LogP contribution in [0.3, 0.4) is 0 Å². The van der Waals surface area contributed by atoms with Crippen LogP contribution in [0.2, 0.25) is 0 Å². The van der Waals surface area contributed by atoms with Crippen molar-refractivity contribution in [2.24, 2.45) is 5.92 Å². The molecule has 3 atom stereocenters. The predicted octanol–water partition coefficient (Wildman–Crippen LogP) is 3.11. The van der Waals surface area contributed by atoms with Crippen molar-refractivity contribution in [3.8, 4) is 11.5 Å². The maximum Gasteiger partial charge on any atom is 0.308 e. The van der Waals surface area contributed by atoms with Crippen LogP contribution in [0.1, 0.15) is 34.9 Å². The highest BCUT2D eigenvalue weighted by molar-refractivity contribution is 5.79. The zero-order valence-corrected chi connectivity index (χ0v) is 14.5. The lowest BCUT2D eigenvalue weighted by atomic mass is 9.81. The number of hydrogen-bond acceptors (Lipinski definition) is 4. The minimum absolute atomic E-state index is 0.239. The number of rotatable bonds is 6. The third-order valence-electron chi connectivity index (χ3n) is 4.95. The molecule has 0 aromatic heterocycles. The molecule has 136 valence electrons. The molecule has 6 nitrogen and oxygen atoms in total. The second-order valence-corrected chi connectivity index (χ2v) is 6.32. The van der Waals surface area contributed by atoms with Gasteiger partial charge in [0.15, 0.2) is 0 Å². The quantitative estimate of drug-likeness (QED) is 0.826.